The molecule has 0 spiro atoms. The summed E-state index contributed by atoms with van der Waals surface area (Å²) in [7, 11) is 0. The molecule has 0 radical (unpaired) electrons. The van der Waals surface area contributed by atoms with E-state index in [0.717, 1.165) is 18.8 Å². The molecule has 1 aromatic rings. The lowest BCUT2D eigenvalue weighted by atomic mass is 10.0. The van der Waals surface area contributed by atoms with Gasteiger partial charge in [0, 0.05) is 19.1 Å². The van der Waals surface area contributed by atoms with E-state index in [1.165, 1.54) is 5.56 Å². The number of ether oxygens (including phenoxy) is 1. The van der Waals surface area contributed by atoms with Gasteiger partial charge in [-0.25, -0.2) is 0 Å². The molecule has 0 bridgehead atoms. The van der Waals surface area contributed by atoms with Gasteiger partial charge in [-0.15, -0.1) is 0 Å². The first-order chi connectivity index (χ1) is 8.06. The molecule has 0 unspecified atom stereocenters. The second-order valence-electron chi connectivity index (χ2n) is 5.51. The van der Waals surface area contributed by atoms with Gasteiger partial charge >= 0.3 is 0 Å². The summed E-state index contributed by atoms with van der Waals surface area (Å²) < 4.78 is 5.98. The maximum Gasteiger partial charge on any atom is 0.124 e. The smallest absolute Gasteiger partial charge is 0.124 e. The minimum atomic E-state index is 0.375. The molecular formula is C15H23NO. The van der Waals surface area contributed by atoms with Crippen molar-refractivity contribution in [1.82, 2.24) is 4.90 Å². The Morgan fingerprint density at radius 3 is 2.47 bits per heavy atom. The van der Waals surface area contributed by atoms with Gasteiger partial charge in [-0.05, 0) is 37.5 Å². The molecule has 1 aliphatic heterocycles. The first kappa shape index (κ1) is 12.4. The Morgan fingerprint density at radius 2 is 1.88 bits per heavy atom. The van der Waals surface area contributed by atoms with Crippen LogP contribution in [0.2, 0.25) is 0 Å². The standard InChI is InChI=1S/C15H23NO/c1-11(2)13-6-5-7-14(8-13)17-15-9-16(10-15)12(3)4/h5-8,11-12,15H,9-10H2,1-4H3. The summed E-state index contributed by atoms with van der Waals surface area (Å²) >= 11 is 0. The zero-order valence-electron chi connectivity index (χ0n) is 11.3. The van der Waals surface area contributed by atoms with E-state index in [1.54, 1.807) is 0 Å². The number of hydrogen-bond donors (Lipinski definition) is 0. The van der Waals surface area contributed by atoms with Gasteiger partial charge in [-0.3, -0.25) is 4.90 Å². The van der Waals surface area contributed by atoms with Crippen LogP contribution in [-0.2, 0) is 0 Å². The third kappa shape index (κ3) is 3.01. The van der Waals surface area contributed by atoms with Gasteiger partial charge in [0.05, 0.1) is 0 Å². The van der Waals surface area contributed by atoms with E-state index in [-0.39, 0.29) is 0 Å². The molecule has 1 heterocycles. The fourth-order valence-corrected chi connectivity index (χ4v) is 2.11. The predicted molar refractivity (Wildman–Crippen MR) is 71.7 cm³/mol. The minimum absolute atomic E-state index is 0.375. The van der Waals surface area contributed by atoms with Crippen molar-refractivity contribution in [2.45, 2.75) is 45.8 Å². The fourth-order valence-electron chi connectivity index (χ4n) is 2.11. The van der Waals surface area contributed by atoms with Crippen molar-refractivity contribution < 1.29 is 4.74 Å². The van der Waals surface area contributed by atoms with Crippen molar-refractivity contribution in [3.8, 4) is 5.75 Å². The van der Waals surface area contributed by atoms with Crippen molar-refractivity contribution in [3.05, 3.63) is 29.8 Å². The molecule has 1 fully saturated rings. The molecule has 94 valence electrons. The topological polar surface area (TPSA) is 12.5 Å². The summed E-state index contributed by atoms with van der Waals surface area (Å²) in [4.78, 5) is 2.43. The molecule has 0 amide bonds. The maximum atomic E-state index is 5.98. The molecule has 0 aromatic heterocycles. The summed E-state index contributed by atoms with van der Waals surface area (Å²) in [6.07, 6.45) is 0.375. The molecule has 2 rings (SSSR count). The van der Waals surface area contributed by atoms with Crippen LogP contribution in [0, 0.1) is 0 Å². The average Bonchev–Trinajstić information content (AvgIpc) is 2.22. The highest BCUT2D eigenvalue weighted by Gasteiger charge is 2.29. The summed E-state index contributed by atoms with van der Waals surface area (Å²) in [5.74, 6) is 1.58. The lowest BCUT2D eigenvalue weighted by Crippen LogP contribution is -2.56. The molecule has 17 heavy (non-hydrogen) atoms. The van der Waals surface area contributed by atoms with Gasteiger partial charge in [0.25, 0.3) is 0 Å². The normalized spacial score (nSPS) is 17.5. The van der Waals surface area contributed by atoms with Crippen LogP contribution in [0.4, 0.5) is 0 Å². The van der Waals surface area contributed by atoms with Crippen LogP contribution < -0.4 is 4.74 Å². The Morgan fingerprint density at radius 1 is 1.18 bits per heavy atom. The third-order valence-electron chi connectivity index (χ3n) is 3.43. The zero-order valence-corrected chi connectivity index (χ0v) is 11.3. The SMILES string of the molecule is CC(C)c1cccc(OC2CN(C(C)C)C2)c1. The molecule has 0 N–H and O–H groups in total. The Hall–Kier alpha value is -1.02. The van der Waals surface area contributed by atoms with Gasteiger partial charge < -0.3 is 4.74 Å². The van der Waals surface area contributed by atoms with E-state index in [4.69, 9.17) is 4.74 Å². The van der Waals surface area contributed by atoms with E-state index >= 15 is 0 Å². The molecular weight excluding hydrogens is 210 g/mol. The third-order valence-corrected chi connectivity index (χ3v) is 3.43. The molecule has 1 saturated heterocycles. The first-order valence-corrected chi connectivity index (χ1v) is 6.57. The van der Waals surface area contributed by atoms with Crippen LogP contribution in [0.3, 0.4) is 0 Å². The number of benzene rings is 1. The summed E-state index contributed by atoms with van der Waals surface area (Å²) in [5.41, 5.74) is 1.35. The molecule has 2 heteroatoms. The summed E-state index contributed by atoms with van der Waals surface area (Å²) in [6, 6.07) is 9.12. The second kappa shape index (κ2) is 5.09. The lowest BCUT2D eigenvalue weighted by Gasteiger charge is -2.41. The Balaban J connectivity index is 1.90. The summed E-state index contributed by atoms with van der Waals surface area (Å²) in [5, 5.41) is 0. The highest BCUT2D eigenvalue weighted by Crippen LogP contribution is 2.23. The number of hydrogen-bond acceptors (Lipinski definition) is 2. The second-order valence-corrected chi connectivity index (χ2v) is 5.51. The van der Waals surface area contributed by atoms with E-state index in [9.17, 15) is 0 Å². The van der Waals surface area contributed by atoms with Crippen molar-refractivity contribution in [2.75, 3.05) is 13.1 Å². The van der Waals surface area contributed by atoms with Crippen LogP contribution in [-0.4, -0.2) is 30.1 Å². The van der Waals surface area contributed by atoms with E-state index in [0.29, 0.717) is 18.1 Å². The molecule has 2 nitrogen and oxygen atoms in total. The van der Waals surface area contributed by atoms with Gasteiger partial charge in [0.15, 0.2) is 0 Å². The van der Waals surface area contributed by atoms with Crippen molar-refractivity contribution in [2.24, 2.45) is 0 Å². The van der Waals surface area contributed by atoms with Crippen molar-refractivity contribution in [1.29, 1.82) is 0 Å². The van der Waals surface area contributed by atoms with Gasteiger partial charge in [-0.2, -0.15) is 0 Å². The fraction of sp³-hybridized carbons (Fsp3) is 0.600. The van der Waals surface area contributed by atoms with Crippen molar-refractivity contribution in [3.63, 3.8) is 0 Å². The Labute approximate surface area is 105 Å². The lowest BCUT2D eigenvalue weighted by molar-refractivity contribution is 0.000109. The van der Waals surface area contributed by atoms with Crippen molar-refractivity contribution >= 4 is 0 Å². The monoisotopic (exact) mass is 233 g/mol. The molecule has 1 aliphatic rings. The quantitative estimate of drug-likeness (QED) is 0.791. The molecule has 1 aromatic carbocycles. The van der Waals surface area contributed by atoms with Crippen LogP contribution in [0.5, 0.6) is 5.75 Å². The molecule has 0 saturated carbocycles. The minimum Gasteiger partial charge on any atom is -0.488 e. The Kier molecular flexibility index (Phi) is 3.72. The van der Waals surface area contributed by atoms with E-state index < -0.39 is 0 Å². The van der Waals surface area contributed by atoms with E-state index in [1.807, 2.05) is 0 Å². The highest BCUT2D eigenvalue weighted by molar-refractivity contribution is 5.30. The van der Waals surface area contributed by atoms with Gasteiger partial charge in [0.2, 0.25) is 0 Å². The van der Waals surface area contributed by atoms with Crippen LogP contribution >= 0.6 is 0 Å². The molecule has 0 atom stereocenters. The Bertz CT molecular complexity index is 367. The van der Waals surface area contributed by atoms with Gasteiger partial charge in [0.1, 0.15) is 11.9 Å². The number of rotatable bonds is 4. The number of likely N-dealkylation sites (tertiary alicyclic amines) is 1. The van der Waals surface area contributed by atoms with Crippen LogP contribution in [0.15, 0.2) is 24.3 Å². The van der Waals surface area contributed by atoms with Crippen LogP contribution in [0.1, 0.15) is 39.2 Å². The predicted octanol–water partition coefficient (Wildman–Crippen LogP) is 3.28. The zero-order chi connectivity index (χ0) is 12.4. The van der Waals surface area contributed by atoms with Crippen LogP contribution in [0.25, 0.3) is 0 Å². The largest absolute Gasteiger partial charge is 0.488 e. The van der Waals surface area contributed by atoms with Gasteiger partial charge in [-0.1, -0.05) is 26.0 Å². The highest BCUT2D eigenvalue weighted by atomic mass is 16.5. The number of nitrogens with zero attached hydrogens (tertiary/aromatic N) is 1. The van der Waals surface area contributed by atoms with E-state index in [2.05, 4.69) is 56.9 Å². The molecule has 0 aliphatic carbocycles. The first-order valence-electron chi connectivity index (χ1n) is 6.57. The maximum absolute atomic E-state index is 5.98. The summed E-state index contributed by atoms with van der Waals surface area (Å²) in [6.45, 7) is 11.0. The average molecular weight is 233 g/mol.